The van der Waals surface area contributed by atoms with Crippen LogP contribution in [0.3, 0.4) is 0 Å². The third-order valence-electron chi connectivity index (χ3n) is 3.69. The van der Waals surface area contributed by atoms with Crippen molar-refractivity contribution >= 4 is 28.7 Å². The lowest BCUT2D eigenvalue weighted by Crippen LogP contribution is -2.31. The highest BCUT2D eigenvalue weighted by Gasteiger charge is 2.39. The van der Waals surface area contributed by atoms with Gasteiger partial charge in [-0.2, -0.15) is 0 Å². The Labute approximate surface area is 135 Å². The van der Waals surface area contributed by atoms with Gasteiger partial charge in [-0.1, -0.05) is 12.1 Å². The van der Waals surface area contributed by atoms with Crippen LogP contribution in [0.1, 0.15) is 10.4 Å². The number of rotatable bonds is 3. The maximum Gasteiger partial charge on any atom is 0.296 e. The summed E-state index contributed by atoms with van der Waals surface area (Å²) in [6.45, 7) is 0.221. The van der Waals surface area contributed by atoms with E-state index in [1.165, 1.54) is 11.3 Å². The first-order valence-electron chi connectivity index (χ1n) is 6.87. The summed E-state index contributed by atoms with van der Waals surface area (Å²) in [5, 5.41) is 11.8. The molecule has 4 rings (SSSR count). The van der Waals surface area contributed by atoms with Gasteiger partial charge in [-0.25, -0.2) is 0 Å². The Morgan fingerprint density at radius 2 is 1.96 bits per heavy atom. The second kappa shape index (κ2) is 5.13. The minimum Gasteiger partial charge on any atom is -0.502 e. The van der Waals surface area contributed by atoms with Crippen LogP contribution >= 0.6 is 11.3 Å². The van der Waals surface area contributed by atoms with Gasteiger partial charge in [-0.15, -0.1) is 11.3 Å². The predicted molar refractivity (Wildman–Crippen MR) is 82.0 cm³/mol. The number of carbonyl (C=O) groups excluding carboxylic acids is 2. The van der Waals surface area contributed by atoms with Crippen molar-refractivity contribution in [2.45, 2.75) is 6.54 Å². The lowest BCUT2D eigenvalue weighted by atomic mass is 10.2. The molecule has 2 aromatic rings. The second-order valence-electron chi connectivity index (χ2n) is 5.08. The first-order chi connectivity index (χ1) is 11.1. The van der Waals surface area contributed by atoms with Gasteiger partial charge in [0.15, 0.2) is 17.3 Å². The number of aliphatic hydroxyl groups is 1. The maximum absolute atomic E-state index is 12.5. The Kier molecular flexibility index (Phi) is 3.09. The van der Waals surface area contributed by atoms with E-state index in [2.05, 4.69) is 0 Å². The van der Waals surface area contributed by atoms with Gasteiger partial charge < -0.3 is 14.6 Å². The molecule has 0 unspecified atom stereocenters. The lowest BCUT2D eigenvalue weighted by molar-refractivity contribution is -0.138. The molecule has 7 heteroatoms. The molecule has 0 radical (unpaired) electrons. The molecule has 1 aromatic carbocycles. The van der Waals surface area contributed by atoms with E-state index in [9.17, 15) is 14.7 Å². The molecule has 0 saturated heterocycles. The minimum absolute atomic E-state index is 0.0609. The number of nitrogens with zero attached hydrogens (tertiary/aromatic N) is 1. The molecule has 0 saturated carbocycles. The molecule has 1 N–H and O–H groups in total. The molecular weight excluding hydrogens is 318 g/mol. The molecule has 2 amide bonds. The van der Waals surface area contributed by atoms with Gasteiger partial charge in [0.05, 0.1) is 6.54 Å². The monoisotopic (exact) mass is 329 g/mol. The van der Waals surface area contributed by atoms with Gasteiger partial charge in [0.1, 0.15) is 5.57 Å². The van der Waals surface area contributed by atoms with Crippen molar-refractivity contribution in [2.24, 2.45) is 0 Å². The number of fused-ring (bicyclic) bond motifs is 1. The van der Waals surface area contributed by atoms with Gasteiger partial charge in [-0.3, -0.25) is 14.5 Å². The first kappa shape index (κ1) is 13.8. The fraction of sp³-hybridized carbons (Fsp3) is 0.125. The van der Waals surface area contributed by atoms with E-state index in [1.54, 1.807) is 35.7 Å². The quantitative estimate of drug-likeness (QED) is 0.875. The molecule has 23 heavy (non-hydrogen) atoms. The third-order valence-corrected chi connectivity index (χ3v) is 4.58. The standard InChI is InChI=1S/C16H11NO5S/c18-14-13(12-2-1-5-23-12)15(19)17(16(14)20)7-9-3-4-10-11(6-9)22-8-21-10/h1-6,18H,7-8H2. The van der Waals surface area contributed by atoms with Gasteiger partial charge in [0, 0.05) is 4.88 Å². The maximum atomic E-state index is 12.5. The van der Waals surface area contributed by atoms with Crippen molar-refractivity contribution < 1.29 is 24.2 Å². The Morgan fingerprint density at radius 1 is 1.13 bits per heavy atom. The van der Waals surface area contributed by atoms with Crippen LogP contribution in [-0.2, 0) is 16.1 Å². The minimum atomic E-state index is -0.684. The normalized spacial score (nSPS) is 16.6. The Hall–Kier alpha value is -2.80. The second-order valence-corrected chi connectivity index (χ2v) is 6.03. The molecule has 0 aliphatic carbocycles. The van der Waals surface area contributed by atoms with Crippen LogP contribution in [0.2, 0.25) is 0 Å². The molecule has 0 spiro atoms. The van der Waals surface area contributed by atoms with Crippen molar-refractivity contribution in [1.29, 1.82) is 0 Å². The van der Waals surface area contributed by atoms with E-state index in [4.69, 9.17) is 9.47 Å². The SMILES string of the molecule is O=C1C(O)=C(c2cccs2)C(=O)N1Cc1ccc2c(c1)OCO2. The summed E-state index contributed by atoms with van der Waals surface area (Å²) in [7, 11) is 0. The number of imide groups is 1. The highest BCUT2D eigenvalue weighted by Crippen LogP contribution is 2.35. The number of thiophene rings is 1. The van der Waals surface area contributed by atoms with Crippen LogP contribution in [0.4, 0.5) is 0 Å². The Bertz CT molecular complexity index is 840. The van der Waals surface area contributed by atoms with Crippen molar-refractivity contribution in [3.05, 3.63) is 51.9 Å². The molecule has 1 aromatic heterocycles. The van der Waals surface area contributed by atoms with Crippen molar-refractivity contribution in [3.63, 3.8) is 0 Å². The van der Waals surface area contributed by atoms with E-state index in [1.807, 2.05) is 0 Å². The number of hydrogen-bond acceptors (Lipinski definition) is 6. The van der Waals surface area contributed by atoms with E-state index in [-0.39, 0.29) is 18.9 Å². The van der Waals surface area contributed by atoms with Crippen LogP contribution in [0.25, 0.3) is 5.57 Å². The summed E-state index contributed by atoms with van der Waals surface area (Å²) in [6, 6.07) is 8.68. The number of aliphatic hydroxyl groups excluding tert-OH is 1. The number of carbonyl (C=O) groups is 2. The molecule has 3 heterocycles. The molecule has 0 bridgehead atoms. The zero-order chi connectivity index (χ0) is 16.0. The van der Waals surface area contributed by atoms with Crippen molar-refractivity contribution in [2.75, 3.05) is 6.79 Å². The number of amides is 2. The van der Waals surface area contributed by atoms with Crippen LogP contribution in [-0.4, -0.2) is 28.6 Å². The summed E-state index contributed by atoms with van der Waals surface area (Å²) in [5.41, 5.74) is 0.780. The third kappa shape index (κ3) is 2.17. The average molecular weight is 329 g/mol. The van der Waals surface area contributed by atoms with E-state index < -0.39 is 17.6 Å². The summed E-state index contributed by atoms with van der Waals surface area (Å²) in [4.78, 5) is 26.3. The smallest absolute Gasteiger partial charge is 0.296 e. The summed E-state index contributed by atoms with van der Waals surface area (Å²) in [5.74, 6) is -0.466. The molecule has 0 atom stereocenters. The number of benzene rings is 1. The molecule has 2 aliphatic heterocycles. The molecule has 2 aliphatic rings. The zero-order valence-electron chi connectivity index (χ0n) is 11.8. The van der Waals surface area contributed by atoms with Crippen LogP contribution in [0.5, 0.6) is 11.5 Å². The average Bonchev–Trinajstić information content (AvgIpc) is 3.25. The van der Waals surface area contributed by atoms with Gasteiger partial charge in [0.25, 0.3) is 11.8 Å². The predicted octanol–water partition coefficient (Wildman–Crippen LogP) is 2.31. The number of hydrogen-bond donors (Lipinski definition) is 1. The zero-order valence-corrected chi connectivity index (χ0v) is 12.6. The van der Waals surface area contributed by atoms with Crippen LogP contribution in [0, 0.1) is 0 Å². The van der Waals surface area contributed by atoms with E-state index in [0.717, 1.165) is 10.5 Å². The van der Waals surface area contributed by atoms with Crippen LogP contribution in [0.15, 0.2) is 41.5 Å². The topological polar surface area (TPSA) is 76.1 Å². The fourth-order valence-electron chi connectivity index (χ4n) is 2.57. The van der Waals surface area contributed by atoms with Crippen molar-refractivity contribution in [1.82, 2.24) is 4.90 Å². The molecule has 0 fully saturated rings. The molecule has 116 valence electrons. The first-order valence-corrected chi connectivity index (χ1v) is 7.75. The summed E-state index contributed by atoms with van der Waals surface area (Å²) in [6.07, 6.45) is 0. The Morgan fingerprint density at radius 3 is 2.74 bits per heavy atom. The highest BCUT2D eigenvalue weighted by atomic mass is 32.1. The lowest BCUT2D eigenvalue weighted by Gasteiger charge is -2.14. The largest absolute Gasteiger partial charge is 0.502 e. The van der Waals surface area contributed by atoms with Gasteiger partial charge in [0.2, 0.25) is 6.79 Å². The van der Waals surface area contributed by atoms with E-state index >= 15 is 0 Å². The summed E-state index contributed by atoms with van der Waals surface area (Å²) < 4.78 is 10.5. The van der Waals surface area contributed by atoms with Gasteiger partial charge >= 0.3 is 0 Å². The molecular formula is C16H11NO5S. The number of ether oxygens (including phenoxy) is 2. The van der Waals surface area contributed by atoms with Crippen molar-refractivity contribution in [3.8, 4) is 11.5 Å². The van der Waals surface area contributed by atoms with Gasteiger partial charge in [-0.05, 0) is 29.1 Å². The van der Waals surface area contributed by atoms with E-state index in [0.29, 0.717) is 16.4 Å². The summed E-state index contributed by atoms with van der Waals surface area (Å²) >= 11 is 1.30. The Balaban J connectivity index is 1.62. The highest BCUT2D eigenvalue weighted by molar-refractivity contribution is 7.11. The molecule has 6 nitrogen and oxygen atoms in total. The fourth-order valence-corrected chi connectivity index (χ4v) is 3.33. The van der Waals surface area contributed by atoms with Crippen LogP contribution < -0.4 is 9.47 Å².